The molecular formula is C13H30N2. The molecule has 2 heteroatoms. The molecule has 0 aromatic heterocycles. The van der Waals surface area contributed by atoms with Crippen LogP contribution in [0.3, 0.4) is 0 Å². The van der Waals surface area contributed by atoms with E-state index in [4.69, 9.17) is 5.73 Å². The van der Waals surface area contributed by atoms with Gasteiger partial charge in [-0.3, -0.25) is 0 Å². The number of hydrogen-bond donors (Lipinski definition) is 2. The van der Waals surface area contributed by atoms with E-state index in [9.17, 15) is 0 Å². The number of rotatable bonds is 8. The fraction of sp³-hybridized carbons (Fsp3) is 1.00. The summed E-state index contributed by atoms with van der Waals surface area (Å²) in [7, 11) is 0. The van der Waals surface area contributed by atoms with E-state index in [1.54, 1.807) is 0 Å². The van der Waals surface area contributed by atoms with E-state index >= 15 is 0 Å². The van der Waals surface area contributed by atoms with Gasteiger partial charge in [0, 0.05) is 0 Å². The minimum atomic E-state index is 0.643. The lowest BCUT2D eigenvalue weighted by atomic mass is 9.85. The van der Waals surface area contributed by atoms with Gasteiger partial charge in [0.2, 0.25) is 0 Å². The van der Waals surface area contributed by atoms with Crippen LogP contribution in [0.25, 0.3) is 0 Å². The minimum absolute atomic E-state index is 0.643. The zero-order valence-corrected chi connectivity index (χ0v) is 11.2. The highest BCUT2D eigenvalue weighted by atomic mass is 14.9. The second kappa shape index (κ2) is 8.12. The summed E-state index contributed by atoms with van der Waals surface area (Å²) in [6, 6.07) is 0. The van der Waals surface area contributed by atoms with Crippen LogP contribution in [0.2, 0.25) is 0 Å². The van der Waals surface area contributed by atoms with Crippen molar-refractivity contribution in [3.05, 3.63) is 0 Å². The van der Waals surface area contributed by atoms with Gasteiger partial charge in [-0.1, -0.05) is 41.0 Å². The maximum atomic E-state index is 5.68. The SMILES string of the molecule is CCC(CN)CNCC(C(C)C)C(C)C. The molecule has 1 unspecified atom stereocenters. The zero-order valence-electron chi connectivity index (χ0n) is 11.2. The van der Waals surface area contributed by atoms with Crippen molar-refractivity contribution in [2.75, 3.05) is 19.6 Å². The smallest absolute Gasteiger partial charge is 0.000844 e. The molecular weight excluding hydrogens is 184 g/mol. The minimum Gasteiger partial charge on any atom is -0.330 e. The molecule has 0 aliphatic rings. The van der Waals surface area contributed by atoms with Crippen molar-refractivity contribution in [2.24, 2.45) is 29.4 Å². The maximum absolute atomic E-state index is 5.68. The number of hydrogen-bond acceptors (Lipinski definition) is 2. The second-order valence-electron chi connectivity index (χ2n) is 5.32. The lowest BCUT2D eigenvalue weighted by Gasteiger charge is -2.26. The topological polar surface area (TPSA) is 38.0 Å². The maximum Gasteiger partial charge on any atom is -0.000844 e. The summed E-state index contributed by atoms with van der Waals surface area (Å²) in [5.41, 5.74) is 5.68. The summed E-state index contributed by atoms with van der Waals surface area (Å²) in [5, 5.41) is 3.57. The molecule has 0 heterocycles. The van der Waals surface area contributed by atoms with Gasteiger partial charge in [-0.05, 0) is 43.3 Å². The molecule has 0 saturated carbocycles. The Morgan fingerprint density at radius 2 is 1.53 bits per heavy atom. The van der Waals surface area contributed by atoms with Crippen LogP contribution >= 0.6 is 0 Å². The Balaban J connectivity index is 3.80. The quantitative estimate of drug-likeness (QED) is 0.651. The van der Waals surface area contributed by atoms with E-state index in [2.05, 4.69) is 39.9 Å². The summed E-state index contributed by atoms with van der Waals surface area (Å²) in [6.07, 6.45) is 1.18. The van der Waals surface area contributed by atoms with Gasteiger partial charge in [0.25, 0.3) is 0 Å². The van der Waals surface area contributed by atoms with Gasteiger partial charge in [-0.25, -0.2) is 0 Å². The highest BCUT2D eigenvalue weighted by Crippen LogP contribution is 2.19. The second-order valence-corrected chi connectivity index (χ2v) is 5.32. The van der Waals surface area contributed by atoms with Crippen LogP contribution in [0.15, 0.2) is 0 Å². The fourth-order valence-electron chi connectivity index (χ4n) is 2.09. The Kier molecular flexibility index (Phi) is 8.07. The van der Waals surface area contributed by atoms with Crippen molar-refractivity contribution in [3.8, 4) is 0 Å². The molecule has 1 atom stereocenters. The summed E-state index contributed by atoms with van der Waals surface area (Å²) in [4.78, 5) is 0. The Hall–Kier alpha value is -0.0800. The van der Waals surface area contributed by atoms with Crippen LogP contribution in [0, 0.1) is 23.7 Å². The van der Waals surface area contributed by atoms with Gasteiger partial charge in [0.15, 0.2) is 0 Å². The molecule has 0 radical (unpaired) electrons. The van der Waals surface area contributed by atoms with Gasteiger partial charge in [-0.2, -0.15) is 0 Å². The van der Waals surface area contributed by atoms with Gasteiger partial charge >= 0.3 is 0 Å². The predicted molar refractivity (Wildman–Crippen MR) is 68.9 cm³/mol. The van der Waals surface area contributed by atoms with Crippen LogP contribution in [0.1, 0.15) is 41.0 Å². The first-order valence-corrected chi connectivity index (χ1v) is 6.43. The molecule has 0 saturated heterocycles. The van der Waals surface area contributed by atoms with Crippen molar-refractivity contribution < 1.29 is 0 Å². The molecule has 0 amide bonds. The molecule has 0 bridgehead atoms. The van der Waals surface area contributed by atoms with Crippen LogP contribution in [0.4, 0.5) is 0 Å². The van der Waals surface area contributed by atoms with Crippen LogP contribution in [-0.4, -0.2) is 19.6 Å². The third-order valence-corrected chi connectivity index (χ3v) is 3.44. The van der Waals surface area contributed by atoms with Crippen molar-refractivity contribution >= 4 is 0 Å². The Morgan fingerprint density at radius 3 is 1.87 bits per heavy atom. The monoisotopic (exact) mass is 214 g/mol. The third-order valence-electron chi connectivity index (χ3n) is 3.44. The first-order chi connectivity index (χ1) is 7.02. The first kappa shape index (κ1) is 14.9. The van der Waals surface area contributed by atoms with E-state index in [0.717, 1.165) is 37.4 Å². The van der Waals surface area contributed by atoms with Crippen molar-refractivity contribution in [2.45, 2.75) is 41.0 Å². The highest BCUT2D eigenvalue weighted by Gasteiger charge is 2.17. The van der Waals surface area contributed by atoms with E-state index in [-0.39, 0.29) is 0 Å². The standard InChI is InChI=1S/C13H30N2/c1-6-12(7-14)8-15-9-13(10(2)3)11(4)5/h10-13,15H,6-9,14H2,1-5H3. The molecule has 92 valence electrons. The van der Waals surface area contributed by atoms with Gasteiger partial charge in [-0.15, -0.1) is 0 Å². The number of nitrogens with one attached hydrogen (secondary N) is 1. The summed E-state index contributed by atoms with van der Waals surface area (Å²) in [5.74, 6) is 2.94. The zero-order chi connectivity index (χ0) is 11.8. The lowest BCUT2D eigenvalue weighted by molar-refractivity contribution is 0.270. The normalized spacial score (nSPS) is 14.2. The molecule has 0 fully saturated rings. The van der Waals surface area contributed by atoms with Gasteiger partial charge < -0.3 is 11.1 Å². The molecule has 0 aliphatic heterocycles. The Morgan fingerprint density at radius 1 is 1.00 bits per heavy atom. The molecule has 0 rings (SSSR count). The Bertz CT molecular complexity index is 131. The molecule has 3 N–H and O–H groups in total. The van der Waals surface area contributed by atoms with Crippen molar-refractivity contribution in [3.63, 3.8) is 0 Å². The molecule has 0 aliphatic carbocycles. The summed E-state index contributed by atoms with van der Waals surface area (Å²) in [6.45, 7) is 14.5. The Labute approximate surface area is 96.0 Å². The highest BCUT2D eigenvalue weighted by molar-refractivity contribution is 4.71. The largest absolute Gasteiger partial charge is 0.330 e. The first-order valence-electron chi connectivity index (χ1n) is 6.43. The summed E-state index contributed by atoms with van der Waals surface area (Å²) >= 11 is 0. The van der Waals surface area contributed by atoms with Crippen LogP contribution in [-0.2, 0) is 0 Å². The van der Waals surface area contributed by atoms with E-state index < -0.39 is 0 Å². The van der Waals surface area contributed by atoms with E-state index in [0.29, 0.717) is 5.92 Å². The van der Waals surface area contributed by atoms with Crippen LogP contribution in [0.5, 0.6) is 0 Å². The average molecular weight is 214 g/mol. The molecule has 2 nitrogen and oxygen atoms in total. The molecule has 0 spiro atoms. The van der Waals surface area contributed by atoms with Gasteiger partial charge in [0.1, 0.15) is 0 Å². The van der Waals surface area contributed by atoms with Crippen molar-refractivity contribution in [1.82, 2.24) is 5.32 Å². The summed E-state index contributed by atoms with van der Waals surface area (Å²) < 4.78 is 0. The van der Waals surface area contributed by atoms with Gasteiger partial charge in [0.05, 0.1) is 0 Å². The molecule has 15 heavy (non-hydrogen) atoms. The van der Waals surface area contributed by atoms with E-state index in [1.165, 1.54) is 6.42 Å². The van der Waals surface area contributed by atoms with Crippen LogP contribution < -0.4 is 11.1 Å². The molecule has 0 aromatic carbocycles. The molecule has 0 aromatic rings. The third kappa shape index (κ3) is 6.16. The predicted octanol–water partition coefficient (Wildman–Crippen LogP) is 2.49. The fourth-order valence-corrected chi connectivity index (χ4v) is 2.09. The van der Waals surface area contributed by atoms with Crippen molar-refractivity contribution in [1.29, 1.82) is 0 Å². The average Bonchev–Trinajstić information content (AvgIpc) is 2.17. The number of nitrogens with two attached hydrogens (primary N) is 1. The van der Waals surface area contributed by atoms with E-state index in [1.807, 2.05) is 0 Å². The lowest BCUT2D eigenvalue weighted by Crippen LogP contribution is -2.34.